The van der Waals surface area contributed by atoms with Crippen LogP contribution in [0.4, 0.5) is 0 Å². The Balaban J connectivity index is 2.59. The summed E-state index contributed by atoms with van der Waals surface area (Å²) in [5.74, 6) is -0.141. The minimum atomic E-state index is -3.29. The van der Waals surface area contributed by atoms with E-state index in [1.807, 2.05) is 13.8 Å². The highest BCUT2D eigenvalue weighted by Crippen LogP contribution is 2.05. The van der Waals surface area contributed by atoms with Crippen LogP contribution in [-0.2, 0) is 14.8 Å². The van der Waals surface area contributed by atoms with Crippen molar-refractivity contribution in [1.29, 1.82) is 0 Å². The van der Waals surface area contributed by atoms with Crippen molar-refractivity contribution in [3.63, 3.8) is 0 Å². The molecule has 7 heteroatoms. The van der Waals surface area contributed by atoms with Crippen molar-refractivity contribution in [2.75, 3.05) is 32.9 Å². The van der Waals surface area contributed by atoms with Gasteiger partial charge in [-0.1, -0.05) is 0 Å². The molecule has 1 aliphatic heterocycles. The fraction of sp³-hybridized carbons (Fsp3) is 0.900. The number of rotatable bonds is 3. The summed E-state index contributed by atoms with van der Waals surface area (Å²) in [4.78, 5) is 13.7. The number of nitrogens with one attached hydrogen (secondary N) is 1. The summed E-state index contributed by atoms with van der Waals surface area (Å²) in [5.41, 5.74) is 0. The highest BCUT2D eigenvalue weighted by molar-refractivity contribution is 7.88. The molecular formula is C10H21N3O3S. The zero-order chi connectivity index (χ0) is 13.2. The molecule has 2 atom stereocenters. The summed E-state index contributed by atoms with van der Waals surface area (Å²) in [6, 6.07) is 0.484. The molecule has 0 unspecified atom stereocenters. The standard InChI is InChI=1S/C10H21N3O3S/c1-8-5-13(6-9(2)11-8)10(14)7-12(3)17(4,15)16/h8-9,11H,5-7H2,1-4H3/t8-,9-/m0/s1. The Hall–Kier alpha value is -0.660. The van der Waals surface area contributed by atoms with Gasteiger partial charge in [-0.25, -0.2) is 8.42 Å². The van der Waals surface area contributed by atoms with E-state index < -0.39 is 10.0 Å². The summed E-state index contributed by atoms with van der Waals surface area (Å²) in [6.07, 6.45) is 1.10. The highest BCUT2D eigenvalue weighted by Gasteiger charge is 2.26. The molecule has 1 rings (SSSR count). The predicted octanol–water partition coefficient (Wildman–Crippen LogP) is -0.913. The molecule has 1 heterocycles. The molecule has 0 aromatic rings. The van der Waals surface area contributed by atoms with E-state index in [4.69, 9.17) is 0 Å². The molecule has 1 fully saturated rings. The monoisotopic (exact) mass is 263 g/mol. The lowest BCUT2D eigenvalue weighted by molar-refractivity contribution is -0.132. The van der Waals surface area contributed by atoms with Crippen LogP contribution in [0.15, 0.2) is 0 Å². The van der Waals surface area contributed by atoms with Gasteiger partial charge in [0.15, 0.2) is 0 Å². The quantitative estimate of drug-likeness (QED) is 0.715. The van der Waals surface area contributed by atoms with Gasteiger partial charge in [0.1, 0.15) is 0 Å². The van der Waals surface area contributed by atoms with Crippen LogP contribution >= 0.6 is 0 Å². The number of hydrogen-bond acceptors (Lipinski definition) is 4. The van der Waals surface area contributed by atoms with Crippen molar-refractivity contribution in [3.8, 4) is 0 Å². The second-order valence-corrected chi connectivity index (χ2v) is 6.88. The normalized spacial score (nSPS) is 26.3. The van der Waals surface area contributed by atoms with Gasteiger partial charge in [-0.15, -0.1) is 0 Å². The van der Waals surface area contributed by atoms with Gasteiger partial charge < -0.3 is 10.2 Å². The van der Waals surface area contributed by atoms with Gasteiger partial charge in [0.2, 0.25) is 15.9 Å². The summed E-state index contributed by atoms with van der Waals surface area (Å²) in [6.45, 7) is 5.19. The van der Waals surface area contributed by atoms with Crippen molar-refractivity contribution in [2.45, 2.75) is 25.9 Å². The van der Waals surface area contributed by atoms with Gasteiger partial charge in [-0.05, 0) is 13.8 Å². The average molecular weight is 263 g/mol. The number of likely N-dealkylation sites (N-methyl/N-ethyl adjacent to an activating group) is 1. The third-order valence-electron chi connectivity index (χ3n) is 2.83. The Bertz CT molecular complexity index is 372. The number of piperazine rings is 1. The molecule has 0 aliphatic carbocycles. The summed E-state index contributed by atoms with van der Waals surface area (Å²) >= 11 is 0. The Labute approximate surface area is 103 Å². The van der Waals surface area contributed by atoms with Crippen molar-refractivity contribution in [3.05, 3.63) is 0 Å². The van der Waals surface area contributed by atoms with Crippen LogP contribution in [0.3, 0.4) is 0 Å². The van der Waals surface area contributed by atoms with Crippen LogP contribution in [0.5, 0.6) is 0 Å². The maximum atomic E-state index is 11.9. The van der Waals surface area contributed by atoms with Crippen LogP contribution in [0.25, 0.3) is 0 Å². The number of amides is 1. The number of carbonyl (C=O) groups excluding carboxylic acids is 1. The number of sulfonamides is 1. The average Bonchev–Trinajstić information content (AvgIpc) is 2.14. The molecule has 1 aliphatic rings. The van der Waals surface area contributed by atoms with Gasteiger partial charge in [0.25, 0.3) is 0 Å². The lowest BCUT2D eigenvalue weighted by atomic mass is 10.1. The largest absolute Gasteiger partial charge is 0.338 e. The van der Waals surface area contributed by atoms with Crippen molar-refractivity contribution < 1.29 is 13.2 Å². The van der Waals surface area contributed by atoms with Crippen LogP contribution in [0.1, 0.15) is 13.8 Å². The first-order chi connectivity index (χ1) is 7.70. The van der Waals surface area contributed by atoms with Crippen LogP contribution in [-0.4, -0.2) is 68.6 Å². The Morgan fingerprint density at radius 1 is 1.35 bits per heavy atom. The third-order valence-corrected chi connectivity index (χ3v) is 4.10. The van der Waals surface area contributed by atoms with Gasteiger partial charge >= 0.3 is 0 Å². The van der Waals surface area contributed by atoms with E-state index in [0.29, 0.717) is 13.1 Å². The van der Waals surface area contributed by atoms with Gasteiger partial charge in [-0.3, -0.25) is 4.79 Å². The number of hydrogen-bond donors (Lipinski definition) is 1. The molecule has 0 saturated carbocycles. The van der Waals surface area contributed by atoms with E-state index in [2.05, 4.69) is 5.32 Å². The number of carbonyl (C=O) groups is 1. The minimum Gasteiger partial charge on any atom is -0.338 e. The second-order valence-electron chi connectivity index (χ2n) is 4.79. The van der Waals surface area contributed by atoms with Crippen molar-refractivity contribution in [2.24, 2.45) is 0 Å². The van der Waals surface area contributed by atoms with Gasteiger partial charge in [0.05, 0.1) is 12.8 Å². The van der Waals surface area contributed by atoms with Gasteiger partial charge in [-0.2, -0.15) is 4.31 Å². The molecule has 6 nitrogen and oxygen atoms in total. The van der Waals surface area contributed by atoms with E-state index in [-0.39, 0.29) is 24.5 Å². The maximum absolute atomic E-state index is 11.9. The Morgan fingerprint density at radius 3 is 2.24 bits per heavy atom. The molecule has 0 spiro atoms. The summed E-state index contributed by atoms with van der Waals surface area (Å²) in [7, 11) is -1.87. The first-order valence-electron chi connectivity index (χ1n) is 5.65. The fourth-order valence-electron chi connectivity index (χ4n) is 1.94. The van der Waals surface area contributed by atoms with E-state index in [9.17, 15) is 13.2 Å². The molecule has 0 radical (unpaired) electrons. The molecule has 1 amide bonds. The molecule has 17 heavy (non-hydrogen) atoms. The lowest BCUT2D eigenvalue weighted by Crippen LogP contribution is -2.57. The molecule has 0 bridgehead atoms. The van der Waals surface area contributed by atoms with Crippen molar-refractivity contribution >= 4 is 15.9 Å². The SMILES string of the molecule is C[C@H]1CN(C(=O)CN(C)S(C)(=O)=O)C[C@H](C)N1. The van der Waals surface area contributed by atoms with E-state index in [0.717, 1.165) is 10.6 Å². The zero-order valence-electron chi connectivity index (χ0n) is 10.8. The Kier molecular flexibility index (Phi) is 4.51. The molecule has 1 N–H and O–H groups in total. The molecule has 1 saturated heterocycles. The summed E-state index contributed by atoms with van der Waals surface area (Å²) < 4.78 is 23.5. The van der Waals surface area contributed by atoms with Crippen LogP contribution in [0, 0.1) is 0 Å². The Morgan fingerprint density at radius 2 is 1.82 bits per heavy atom. The fourth-order valence-corrected chi connectivity index (χ4v) is 2.28. The molecular weight excluding hydrogens is 242 g/mol. The van der Waals surface area contributed by atoms with Crippen LogP contribution in [0.2, 0.25) is 0 Å². The van der Waals surface area contributed by atoms with Crippen LogP contribution < -0.4 is 5.32 Å². The topological polar surface area (TPSA) is 69.7 Å². The molecule has 0 aromatic carbocycles. The van der Waals surface area contributed by atoms with Crippen molar-refractivity contribution in [1.82, 2.24) is 14.5 Å². The molecule has 100 valence electrons. The second kappa shape index (κ2) is 5.32. The summed E-state index contributed by atoms with van der Waals surface area (Å²) in [5, 5.41) is 3.32. The predicted molar refractivity (Wildman–Crippen MR) is 66.1 cm³/mol. The number of nitrogens with zero attached hydrogens (tertiary/aromatic N) is 2. The lowest BCUT2D eigenvalue weighted by Gasteiger charge is -2.36. The van der Waals surface area contributed by atoms with E-state index in [1.165, 1.54) is 7.05 Å². The highest BCUT2D eigenvalue weighted by atomic mass is 32.2. The molecule has 0 aromatic heterocycles. The maximum Gasteiger partial charge on any atom is 0.237 e. The third kappa shape index (κ3) is 4.25. The first kappa shape index (κ1) is 14.4. The smallest absolute Gasteiger partial charge is 0.237 e. The first-order valence-corrected chi connectivity index (χ1v) is 7.50. The van der Waals surface area contributed by atoms with Gasteiger partial charge in [0, 0.05) is 32.2 Å². The zero-order valence-corrected chi connectivity index (χ0v) is 11.6. The minimum absolute atomic E-state index is 0.0850. The van der Waals surface area contributed by atoms with E-state index >= 15 is 0 Å². The van der Waals surface area contributed by atoms with E-state index in [1.54, 1.807) is 4.90 Å².